The number of rotatable bonds is 7. The molecule has 0 aromatic carbocycles. The van der Waals surface area contributed by atoms with Gasteiger partial charge in [0.2, 0.25) is 5.91 Å². The molecule has 0 saturated carbocycles. The van der Waals surface area contributed by atoms with Crippen LogP contribution in [-0.4, -0.2) is 59.3 Å². The molecule has 0 radical (unpaired) electrons. The Labute approximate surface area is 113 Å². The lowest BCUT2D eigenvalue weighted by atomic mass is 9.97. The van der Waals surface area contributed by atoms with E-state index in [1.807, 2.05) is 6.92 Å². The highest BCUT2D eigenvalue weighted by Crippen LogP contribution is 2.17. The second-order valence-electron chi connectivity index (χ2n) is 5.14. The Morgan fingerprint density at radius 3 is 2.53 bits per heavy atom. The van der Waals surface area contributed by atoms with E-state index in [-0.39, 0.29) is 31.0 Å². The number of aliphatic hydroxyl groups is 1. The highest BCUT2D eigenvalue weighted by Gasteiger charge is 2.26. The maximum Gasteiger partial charge on any atom is 0.306 e. The van der Waals surface area contributed by atoms with Crippen molar-refractivity contribution in [3.8, 4) is 0 Å². The number of carboxylic acids is 1. The van der Waals surface area contributed by atoms with Crippen molar-refractivity contribution in [3.05, 3.63) is 0 Å². The van der Waals surface area contributed by atoms with Crippen LogP contribution in [-0.2, 0) is 9.59 Å². The number of aliphatic carboxylic acids is 1. The summed E-state index contributed by atoms with van der Waals surface area (Å²) in [6, 6.07) is 0.202. The summed E-state index contributed by atoms with van der Waals surface area (Å²) in [6.07, 6.45) is 2.65. The number of nitrogens with zero attached hydrogens (tertiary/aromatic N) is 1. The van der Waals surface area contributed by atoms with E-state index >= 15 is 0 Å². The number of hydrogen-bond donors (Lipinski definition) is 3. The van der Waals surface area contributed by atoms with Gasteiger partial charge in [-0.15, -0.1) is 0 Å². The highest BCUT2D eigenvalue weighted by atomic mass is 16.4. The minimum atomic E-state index is -0.761. The minimum Gasteiger partial charge on any atom is -0.481 e. The average Bonchev–Trinajstić information content (AvgIpc) is 2.42. The largest absolute Gasteiger partial charge is 0.481 e. The van der Waals surface area contributed by atoms with Crippen molar-refractivity contribution in [2.75, 3.05) is 26.2 Å². The fraction of sp³-hybridized carbons (Fsp3) is 0.846. The third-order valence-electron chi connectivity index (χ3n) is 3.59. The van der Waals surface area contributed by atoms with Gasteiger partial charge in [-0.05, 0) is 32.6 Å². The molecule has 1 amide bonds. The second kappa shape index (κ2) is 8.12. The molecular formula is C13H24N2O4. The maximum atomic E-state index is 11.9. The lowest BCUT2D eigenvalue weighted by molar-refractivity contribution is -0.145. The molecule has 0 bridgehead atoms. The van der Waals surface area contributed by atoms with Crippen molar-refractivity contribution in [2.24, 2.45) is 5.92 Å². The highest BCUT2D eigenvalue weighted by molar-refractivity contribution is 5.79. The van der Waals surface area contributed by atoms with Crippen molar-refractivity contribution in [3.63, 3.8) is 0 Å². The van der Waals surface area contributed by atoms with Crippen molar-refractivity contribution in [1.82, 2.24) is 10.2 Å². The predicted molar refractivity (Wildman–Crippen MR) is 70.7 cm³/mol. The van der Waals surface area contributed by atoms with Gasteiger partial charge in [0.1, 0.15) is 0 Å². The van der Waals surface area contributed by atoms with Crippen LogP contribution >= 0.6 is 0 Å². The zero-order valence-electron chi connectivity index (χ0n) is 11.5. The first-order chi connectivity index (χ1) is 9.04. The number of nitrogens with one attached hydrogen (secondary N) is 1. The van der Waals surface area contributed by atoms with Crippen molar-refractivity contribution in [2.45, 2.75) is 38.6 Å². The molecular weight excluding hydrogens is 248 g/mol. The number of carbonyl (C=O) groups is 2. The Morgan fingerprint density at radius 2 is 2.00 bits per heavy atom. The van der Waals surface area contributed by atoms with Gasteiger partial charge in [-0.3, -0.25) is 9.59 Å². The van der Waals surface area contributed by atoms with Gasteiger partial charge in [0, 0.05) is 25.7 Å². The molecule has 0 aromatic heterocycles. The maximum absolute atomic E-state index is 11.9. The fourth-order valence-electron chi connectivity index (χ4n) is 2.25. The van der Waals surface area contributed by atoms with Crippen LogP contribution in [0.15, 0.2) is 0 Å². The quantitative estimate of drug-likeness (QED) is 0.610. The van der Waals surface area contributed by atoms with Gasteiger partial charge in [-0.25, -0.2) is 0 Å². The van der Waals surface area contributed by atoms with Gasteiger partial charge in [-0.2, -0.15) is 0 Å². The van der Waals surface area contributed by atoms with E-state index in [0.717, 1.165) is 12.8 Å². The fourth-order valence-corrected chi connectivity index (χ4v) is 2.25. The summed E-state index contributed by atoms with van der Waals surface area (Å²) in [5, 5.41) is 20.7. The number of likely N-dealkylation sites (tertiary alicyclic amines) is 1. The van der Waals surface area contributed by atoms with E-state index in [4.69, 9.17) is 10.2 Å². The topological polar surface area (TPSA) is 89.9 Å². The lowest BCUT2D eigenvalue weighted by Crippen LogP contribution is -2.45. The number of amides is 1. The summed E-state index contributed by atoms with van der Waals surface area (Å²) in [6.45, 7) is 3.50. The number of carboxylic acid groups (broad SMARTS) is 1. The molecule has 1 fully saturated rings. The number of hydrogen-bond acceptors (Lipinski definition) is 4. The molecule has 6 heteroatoms. The Kier molecular flexibility index (Phi) is 6.80. The van der Waals surface area contributed by atoms with Gasteiger partial charge < -0.3 is 20.4 Å². The molecule has 6 nitrogen and oxygen atoms in total. The lowest BCUT2D eigenvalue weighted by Gasteiger charge is -2.30. The Balaban J connectivity index is 2.22. The average molecular weight is 272 g/mol. The number of carbonyl (C=O) groups excluding carboxylic acids is 1. The molecule has 0 aromatic rings. The zero-order chi connectivity index (χ0) is 14.3. The predicted octanol–water partition coefficient (Wildman–Crippen LogP) is 0.0602. The molecule has 1 aliphatic heterocycles. The normalized spacial score (nSPS) is 18.3. The van der Waals surface area contributed by atoms with Gasteiger partial charge in [0.05, 0.1) is 12.5 Å². The Bertz CT molecular complexity index is 301. The molecule has 1 saturated heterocycles. The first kappa shape index (κ1) is 15.9. The van der Waals surface area contributed by atoms with Crippen LogP contribution in [0.4, 0.5) is 0 Å². The van der Waals surface area contributed by atoms with E-state index in [9.17, 15) is 9.59 Å². The summed E-state index contributed by atoms with van der Waals surface area (Å²) in [7, 11) is 0. The molecule has 110 valence electrons. The molecule has 1 rings (SSSR count). The summed E-state index contributed by atoms with van der Waals surface area (Å²) in [5.74, 6) is -1.04. The van der Waals surface area contributed by atoms with Gasteiger partial charge >= 0.3 is 5.97 Å². The van der Waals surface area contributed by atoms with Crippen LogP contribution in [0.2, 0.25) is 0 Å². The summed E-state index contributed by atoms with van der Waals surface area (Å²) >= 11 is 0. The van der Waals surface area contributed by atoms with Crippen molar-refractivity contribution >= 4 is 11.9 Å². The van der Waals surface area contributed by atoms with Crippen LogP contribution in [0.1, 0.15) is 32.6 Å². The molecule has 0 aliphatic carbocycles. The van der Waals surface area contributed by atoms with E-state index in [1.54, 1.807) is 4.90 Å². The Hall–Kier alpha value is -1.14. The minimum absolute atomic E-state index is 0.0275. The Morgan fingerprint density at radius 1 is 1.37 bits per heavy atom. The summed E-state index contributed by atoms with van der Waals surface area (Å²) in [5.41, 5.74) is 0. The molecule has 3 N–H and O–H groups in total. The van der Waals surface area contributed by atoms with Gasteiger partial charge in [0.15, 0.2) is 0 Å². The third-order valence-corrected chi connectivity index (χ3v) is 3.59. The summed E-state index contributed by atoms with van der Waals surface area (Å²) in [4.78, 5) is 24.5. The van der Waals surface area contributed by atoms with Crippen LogP contribution in [0.3, 0.4) is 0 Å². The first-order valence-electron chi connectivity index (χ1n) is 6.89. The van der Waals surface area contributed by atoms with E-state index < -0.39 is 5.97 Å². The van der Waals surface area contributed by atoms with E-state index in [1.165, 1.54) is 0 Å². The zero-order valence-corrected chi connectivity index (χ0v) is 11.5. The number of aliphatic hydroxyl groups excluding tert-OH is 1. The van der Waals surface area contributed by atoms with Crippen LogP contribution < -0.4 is 5.32 Å². The molecule has 1 aliphatic rings. The van der Waals surface area contributed by atoms with Crippen LogP contribution in [0.5, 0.6) is 0 Å². The third kappa shape index (κ3) is 5.57. The van der Waals surface area contributed by atoms with Gasteiger partial charge in [0.25, 0.3) is 0 Å². The SMILES string of the molecule is CC(CCCO)NCC(=O)N1CCC(C(=O)O)CC1. The van der Waals surface area contributed by atoms with Crippen LogP contribution in [0, 0.1) is 5.92 Å². The van der Waals surface area contributed by atoms with E-state index in [0.29, 0.717) is 25.9 Å². The first-order valence-corrected chi connectivity index (χ1v) is 6.89. The molecule has 19 heavy (non-hydrogen) atoms. The van der Waals surface area contributed by atoms with Crippen LogP contribution in [0.25, 0.3) is 0 Å². The summed E-state index contributed by atoms with van der Waals surface area (Å²) < 4.78 is 0. The smallest absolute Gasteiger partial charge is 0.306 e. The molecule has 1 heterocycles. The van der Waals surface area contributed by atoms with Crippen molar-refractivity contribution < 1.29 is 19.8 Å². The molecule has 0 spiro atoms. The van der Waals surface area contributed by atoms with E-state index in [2.05, 4.69) is 5.32 Å². The second-order valence-corrected chi connectivity index (χ2v) is 5.14. The number of piperidine rings is 1. The molecule has 1 unspecified atom stereocenters. The van der Waals surface area contributed by atoms with Crippen molar-refractivity contribution in [1.29, 1.82) is 0 Å². The standard InChI is InChI=1S/C13H24N2O4/c1-10(3-2-8-16)14-9-12(17)15-6-4-11(5-7-15)13(18)19/h10-11,14,16H,2-9H2,1H3,(H,18,19). The monoisotopic (exact) mass is 272 g/mol. The van der Waals surface area contributed by atoms with Gasteiger partial charge in [-0.1, -0.05) is 0 Å². The molecule has 1 atom stereocenters.